The van der Waals surface area contributed by atoms with Gasteiger partial charge in [0.05, 0.1) is 0 Å². The van der Waals surface area contributed by atoms with Crippen molar-refractivity contribution in [2.45, 2.75) is 51.4 Å². The zero-order valence-electron chi connectivity index (χ0n) is 16.0. The normalized spacial score (nSPS) is 17.7. The SMILES string of the molecule is CC1(C)CCC(C)(C)c2cc(/C=C\c3ccc(C(=O)NO)cc3)ccc21. The molecular weight excluding hydrogens is 322 g/mol. The van der Waals surface area contributed by atoms with E-state index in [1.165, 1.54) is 29.5 Å². The van der Waals surface area contributed by atoms with Crippen molar-refractivity contribution < 1.29 is 10.0 Å². The van der Waals surface area contributed by atoms with Crippen molar-refractivity contribution in [2.24, 2.45) is 0 Å². The third-order valence-electron chi connectivity index (χ3n) is 5.62. The lowest BCUT2D eigenvalue weighted by Gasteiger charge is -2.42. The van der Waals surface area contributed by atoms with Gasteiger partial charge in [0, 0.05) is 5.56 Å². The number of nitrogens with one attached hydrogen (secondary N) is 1. The third kappa shape index (κ3) is 3.58. The van der Waals surface area contributed by atoms with Gasteiger partial charge in [-0.3, -0.25) is 10.0 Å². The highest BCUT2D eigenvalue weighted by molar-refractivity contribution is 5.93. The van der Waals surface area contributed by atoms with Crippen molar-refractivity contribution in [3.63, 3.8) is 0 Å². The summed E-state index contributed by atoms with van der Waals surface area (Å²) in [4.78, 5) is 11.4. The maximum absolute atomic E-state index is 11.4. The summed E-state index contributed by atoms with van der Waals surface area (Å²) >= 11 is 0. The summed E-state index contributed by atoms with van der Waals surface area (Å²) in [5.74, 6) is -0.500. The number of rotatable bonds is 3. The summed E-state index contributed by atoms with van der Waals surface area (Å²) in [6, 6.07) is 13.9. The molecule has 1 aliphatic rings. The summed E-state index contributed by atoms with van der Waals surface area (Å²) in [6.07, 6.45) is 6.58. The zero-order valence-corrected chi connectivity index (χ0v) is 16.0. The first-order valence-electron chi connectivity index (χ1n) is 9.10. The molecule has 1 amide bonds. The molecule has 0 aliphatic heterocycles. The van der Waals surface area contributed by atoms with Gasteiger partial charge in [0.25, 0.3) is 5.91 Å². The largest absolute Gasteiger partial charge is 0.288 e. The number of benzene rings is 2. The number of carbonyl (C=O) groups excluding carboxylic acids is 1. The van der Waals surface area contributed by atoms with E-state index in [1.807, 2.05) is 18.2 Å². The monoisotopic (exact) mass is 349 g/mol. The van der Waals surface area contributed by atoms with E-state index in [0.29, 0.717) is 5.56 Å². The Morgan fingerprint density at radius 1 is 0.885 bits per heavy atom. The van der Waals surface area contributed by atoms with Crippen LogP contribution in [0.4, 0.5) is 0 Å². The van der Waals surface area contributed by atoms with Crippen LogP contribution in [0.1, 0.15) is 73.1 Å². The Balaban J connectivity index is 1.87. The smallest absolute Gasteiger partial charge is 0.274 e. The Morgan fingerprint density at radius 3 is 2.04 bits per heavy atom. The lowest BCUT2D eigenvalue weighted by molar-refractivity contribution is 0.0706. The van der Waals surface area contributed by atoms with E-state index >= 15 is 0 Å². The van der Waals surface area contributed by atoms with Crippen molar-refractivity contribution in [1.82, 2.24) is 5.48 Å². The predicted molar refractivity (Wildman–Crippen MR) is 106 cm³/mol. The standard InChI is InChI=1S/C23H27NO2/c1-22(2)13-14-23(3,4)20-15-17(9-12-19(20)22)6-5-16-7-10-18(11-8-16)21(25)24-26/h5-12,15,26H,13-14H2,1-4H3,(H,24,25)/b6-5-. The van der Waals surface area contributed by atoms with Gasteiger partial charge in [0.15, 0.2) is 0 Å². The minimum Gasteiger partial charge on any atom is -0.288 e. The van der Waals surface area contributed by atoms with Crippen molar-refractivity contribution in [2.75, 3.05) is 0 Å². The molecule has 26 heavy (non-hydrogen) atoms. The fourth-order valence-corrected chi connectivity index (χ4v) is 3.71. The quantitative estimate of drug-likeness (QED) is 0.447. The highest BCUT2D eigenvalue weighted by Crippen LogP contribution is 2.45. The first kappa shape index (κ1) is 18.4. The molecule has 0 unspecified atom stereocenters. The number of hydrogen-bond donors (Lipinski definition) is 2. The number of amides is 1. The lowest BCUT2D eigenvalue weighted by atomic mass is 9.63. The topological polar surface area (TPSA) is 49.3 Å². The Morgan fingerprint density at radius 2 is 1.42 bits per heavy atom. The molecule has 2 aromatic carbocycles. The van der Waals surface area contributed by atoms with Gasteiger partial charge in [-0.2, -0.15) is 0 Å². The maximum Gasteiger partial charge on any atom is 0.274 e. The summed E-state index contributed by atoms with van der Waals surface area (Å²) < 4.78 is 0. The van der Waals surface area contributed by atoms with E-state index in [0.717, 1.165) is 5.56 Å². The van der Waals surface area contributed by atoms with Crippen molar-refractivity contribution in [1.29, 1.82) is 0 Å². The molecule has 0 saturated carbocycles. The second kappa shape index (κ2) is 6.73. The fourth-order valence-electron chi connectivity index (χ4n) is 3.71. The summed E-state index contributed by atoms with van der Waals surface area (Å²) in [5.41, 5.74) is 7.62. The molecule has 2 aromatic rings. The van der Waals surface area contributed by atoms with Crippen LogP contribution in [-0.4, -0.2) is 11.1 Å². The van der Waals surface area contributed by atoms with Crippen LogP contribution in [0.5, 0.6) is 0 Å². The van der Waals surface area contributed by atoms with Gasteiger partial charge in [-0.1, -0.05) is 70.2 Å². The number of fused-ring (bicyclic) bond motifs is 1. The average Bonchev–Trinajstić information content (AvgIpc) is 2.63. The van der Waals surface area contributed by atoms with E-state index in [2.05, 4.69) is 52.0 Å². The van der Waals surface area contributed by atoms with Gasteiger partial charge < -0.3 is 0 Å². The van der Waals surface area contributed by atoms with E-state index < -0.39 is 5.91 Å². The van der Waals surface area contributed by atoms with Gasteiger partial charge in [-0.15, -0.1) is 0 Å². The van der Waals surface area contributed by atoms with Crippen LogP contribution in [0.2, 0.25) is 0 Å². The molecule has 3 rings (SSSR count). The van der Waals surface area contributed by atoms with Crippen molar-refractivity contribution in [3.05, 3.63) is 70.3 Å². The van der Waals surface area contributed by atoms with Crippen LogP contribution in [0.15, 0.2) is 42.5 Å². The van der Waals surface area contributed by atoms with Gasteiger partial charge in [0.2, 0.25) is 0 Å². The Bertz CT molecular complexity index is 845. The van der Waals surface area contributed by atoms with Gasteiger partial charge >= 0.3 is 0 Å². The van der Waals surface area contributed by atoms with Crippen LogP contribution in [0, 0.1) is 0 Å². The van der Waals surface area contributed by atoms with Crippen LogP contribution >= 0.6 is 0 Å². The molecule has 0 fully saturated rings. The minimum atomic E-state index is -0.500. The molecule has 0 radical (unpaired) electrons. The molecule has 136 valence electrons. The first-order valence-corrected chi connectivity index (χ1v) is 9.10. The molecule has 2 N–H and O–H groups in total. The van der Waals surface area contributed by atoms with Crippen LogP contribution in [0.3, 0.4) is 0 Å². The molecular formula is C23H27NO2. The molecule has 3 nitrogen and oxygen atoms in total. The first-order chi connectivity index (χ1) is 12.2. The predicted octanol–water partition coefficient (Wildman–Crippen LogP) is 5.33. The Kier molecular flexibility index (Phi) is 4.76. The molecule has 1 aliphatic carbocycles. The molecule has 0 aromatic heterocycles. The lowest BCUT2D eigenvalue weighted by Crippen LogP contribution is -2.33. The van der Waals surface area contributed by atoms with Gasteiger partial charge in [-0.25, -0.2) is 5.48 Å². The summed E-state index contributed by atoms with van der Waals surface area (Å²) in [5, 5.41) is 8.67. The van der Waals surface area contributed by atoms with E-state index in [-0.39, 0.29) is 10.8 Å². The minimum absolute atomic E-state index is 0.202. The number of hydrogen-bond acceptors (Lipinski definition) is 2. The average molecular weight is 349 g/mol. The second-order valence-corrected chi connectivity index (χ2v) is 8.47. The summed E-state index contributed by atoms with van der Waals surface area (Å²) in [7, 11) is 0. The van der Waals surface area contributed by atoms with Crippen LogP contribution < -0.4 is 5.48 Å². The van der Waals surface area contributed by atoms with Crippen LogP contribution in [-0.2, 0) is 10.8 Å². The van der Waals surface area contributed by atoms with Gasteiger partial charge in [0.1, 0.15) is 0 Å². The molecule has 0 bridgehead atoms. The van der Waals surface area contributed by atoms with Crippen LogP contribution in [0.25, 0.3) is 12.2 Å². The molecule has 0 spiro atoms. The van der Waals surface area contributed by atoms with Gasteiger partial charge in [-0.05, 0) is 58.1 Å². The highest BCUT2D eigenvalue weighted by atomic mass is 16.5. The maximum atomic E-state index is 11.4. The number of carbonyl (C=O) groups is 1. The Hall–Kier alpha value is -2.39. The fraction of sp³-hybridized carbons (Fsp3) is 0.348. The third-order valence-corrected chi connectivity index (χ3v) is 5.62. The van der Waals surface area contributed by atoms with E-state index in [1.54, 1.807) is 17.6 Å². The molecule has 0 saturated heterocycles. The Labute approximate surface area is 155 Å². The highest BCUT2D eigenvalue weighted by Gasteiger charge is 2.36. The van der Waals surface area contributed by atoms with Crippen molar-refractivity contribution >= 4 is 18.1 Å². The van der Waals surface area contributed by atoms with E-state index in [9.17, 15) is 4.79 Å². The molecule has 0 atom stereocenters. The zero-order chi connectivity index (χ0) is 18.9. The molecule has 0 heterocycles. The number of hydroxylamine groups is 1. The van der Waals surface area contributed by atoms with E-state index in [4.69, 9.17) is 5.21 Å². The summed E-state index contributed by atoms with van der Waals surface area (Å²) in [6.45, 7) is 9.33. The van der Waals surface area contributed by atoms with Crippen molar-refractivity contribution in [3.8, 4) is 0 Å². The molecule has 3 heteroatoms. The second-order valence-electron chi connectivity index (χ2n) is 8.47.